The van der Waals surface area contributed by atoms with Gasteiger partial charge in [0, 0.05) is 0 Å². The first-order valence-electron chi connectivity index (χ1n) is 4.16. The van der Waals surface area contributed by atoms with Gasteiger partial charge >= 0.3 is 0 Å². The number of aromatic nitrogens is 1. The van der Waals surface area contributed by atoms with Crippen LogP contribution in [-0.4, -0.2) is 4.98 Å². The van der Waals surface area contributed by atoms with Crippen LogP contribution in [0.4, 0.5) is 0 Å². The molecule has 0 radical (unpaired) electrons. The molecule has 0 aliphatic rings. The van der Waals surface area contributed by atoms with Gasteiger partial charge in [-0.3, -0.25) is 0 Å². The molecule has 2 rings (SSSR count). The smallest absolute Gasteiger partial charge is 0.181 e. The maximum Gasteiger partial charge on any atom is 0.181 e. The molecule has 0 atom stereocenters. The molecule has 0 fully saturated rings. The van der Waals surface area contributed by atoms with E-state index >= 15 is 0 Å². The molecule has 64 valence electrons. The van der Waals surface area contributed by atoms with Gasteiger partial charge in [0.05, 0.1) is 0 Å². The number of benzene rings is 1. The van der Waals surface area contributed by atoms with Crippen LogP contribution in [0.15, 0.2) is 35.1 Å². The van der Waals surface area contributed by atoms with E-state index in [1.165, 1.54) is 12.8 Å². The third-order valence-electron chi connectivity index (χ3n) is 1.24. The first-order chi connectivity index (χ1) is 5.88. The Morgan fingerprint density at radius 3 is 2.58 bits per heavy atom. The Bertz CT molecular complexity index is 297. The van der Waals surface area contributed by atoms with Crippen molar-refractivity contribution in [1.82, 2.24) is 4.98 Å². The number of nitrogens with zero attached hydrogens (tertiary/aromatic N) is 1. The Kier molecular flexibility index (Phi) is 3.33. The summed E-state index contributed by atoms with van der Waals surface area (Å²) in [4.78, 5) is 3.95. The van der Waals surface area contributed by atoms with Gasteiger partial charge in [0.1, 0.15) is 5.52 Å². The Balaban J connectivity index is 0.000000213. The van der Waals surface area contributed by atoms with Crippen molar-refractivity contribution in [2.45, 2.75) is 20.3 Å². The van der Waals surface area contributed by atoms with Crippen molar-refractivity contribution in [2.75, 3.05) is 0 Å². The fourth-order valence-corrected chi connectivity index (χ4v) is 0.803. The van der Waals surface area contributed by atoms with Crippen molar-refractivity contribution in [3.05, 3.63) is 30.7 Å². The number of oxazole rings is 1. The van der Waals surface area contributed by atoms with E-state index < -0.39 is 0 Å². The summed E-state index contributed by atoms with van der Waals surface area (Å²) in [6, 6.07) is 7.67. The van der Waals surface area contributed by atoms with Gasteiger partial charge in [0.15, 0.2) is 12.0 Å². The van der Waals surface area contributed by atoms with E-state index in [-0.39, 0.29) is 0 Å². The van der Waals surface area contributed by atoms with Crippen LogP contribution < -0.4 is 0 Å². The topological polar surface area (TPSA) is 26.0 Å². The monoisotopic (exact) mass is 163 g/mol. The zero-order chi connectivity index (χ0) is 8.81. The van der Waals surface area contributed by atoms with Crippen molar-refractivity contribution in [2.24, 2.45) is 0 Å². The van der Waals surface area contributed by atoms with Crippen LogP contribution in [0.25, 0.3) is 11.1 Å². The third-order valence-corrected chi connectivity index (χ3v) is 1.24. The molecule has 12 heavy (non-hydrogen) atoms. The summed E-state index contributed by atoms with van der Waals surface area (Å²) in [5.41, 5.74) is 1.76. The van der Waals surface area contributed by atoms with E-state index in [0.717, 1.165) is 11.1 Å². The SMILES string of the molecule is CCC.c1ccc2ocnc2c1. The molecule has 0 aliphatic carbocycles. The van der Waals surface area contributed by atoms with Gasteiger partial charge in [-0.05, 0) is 12.1 Å². The number of rotatable bonds is 0. The van der Waals surface area contributed by atoms with Crippen molar-refractivity contribution < 1.29 is 4.42 Å². The summed E-state index contributed by atoms with van der Waals surface area (Å²) < 4.78 is 5.01. The summed E-state index contributed by atoms with van der Waals surface area (Å²) in [7, 11) is 0. The molecule has 1 heterocycles. The van der Waals surface area contributed by atoms with Crippen LogP contribution in [0.3, 0.4) is 0 Å². The van der Waals surface area contributed by atoms with Crippen LogP contribution >= 0.6 is 0 Å². The molecule has 1 aromatic heterocycles. The fraction of sp³-hybridized carbons (Fsp3) is 0.300. The second-order valence-corrected chi connectivity index (χ2v) is 2.53. The normalized spacial score (nSPS) is 9.17. The van der Waals surface area contributed by atoms with Gasteiger partial charge in [0.2, 0.25) is 0 Å². The molecule has 2 heteroatoms. The van der Waals surface area contributed by atoms with Gasteiger partial charge in [-0.1, -0.05) is 32.4 Å². The lowest BCUT2D eigenvalue weighted by Gasteiger charge is -1.79. The highest BCUT2D eigenvalue weighted by Gasteiger charge is 1.91. The van der Waals surface area contributed by atoms with E-state index in [0.29, 0.717) is 0 Å². The number of fused-ring (bicyclic) bond motifs is 1. The molecule has 0 bridgehead atoms. The minimum Gasteiger partial charge on any atom is -0.443 e. The first kappa shape index (κ1) is 8.78. The van der Waals surface area contributed by atoms with Gasteiger partial charge in [-0.25, -0.2) is 4.98 Å². The zero-order valence-electron chi connectivity index (χ0n) is 7.45. The van der Waals surface area contributed by atoms with Crippen molar-refractivity contribution in [3.8, 4) is 0 Å². The number of para-hydroxylation sites is 2. The van der Waals surface area contributed by atoms with Crippen molar-refractivity contribution in [3.63, 3.8) is 0 Å². The molecular formula is C10H13NO. The predicted molar refractivity (Wildman–Crippen MR) is 50.0 cm³/mol. The van der Waals surface area contributed by atoms with Crippen LogP contribution in [0, 0.1) is 0 Å². The lowest BCUT2D eigenvalue weighted by molar-refractivity contribution is 0.602. The van der Waals surface area contributed by atoms with Crippen LogP contribution in [0.5, 0.6) is 0 Å². The van der Waals surface area contributed by atoms with E-state index in [1.54, 1.807) is 0 Å². The van der Waals surface area contributed by atoms with E-state index in [1.807, 2.05) is 24.3 Å². The van der Waals surface area contributed by atoms with Crippen LogP contribution in [0.2, 0.25) is 0 Å². The Labute approximate surface area is 72.2 Å². The molecule has 0 saturated carbocycles. The van der Waals surface area contributed by atoms with E-state index in [9.17, 15) is 0 Å². The quantitative estimate of drug-likeness (QED) is 0.595. The third kappa shape index (κ3) is 2.09. The fourth-order valence-electron chi connectivity index (χ4n) is 0.803. The number of hydrogen-bond donors (Lipinski definition) is 0. The highest BCUT2D eigenvalue weighted by Crippen LogP contribution is 2.09. The van der Waals surface area contributed by atoms with Gasteiger partial charge in [-0.2, -0.15) is 0 Å². The molecule has 2 nitrogen and oxygen atoms in total. The minimum absolute atomic E-state index is 0.845. The lowest BCUT2D eigenvalue weighted by atomic mass is 10.3. The Morgan fingerprint density at radius 2 is 1.92 bits per heavy atom. The summed E-state index contributed by atoms with van der Waals surface area (Å²) in [6.45, 7) is 4.25. The summed E-state index contributed by atoms with van der Waals surface area (Å²) in [5, 5.41) is 0. The summed E-state index contributed by atoms with van der Waals surface area (Å²) in [6.07, 6.45) is 2.70. The summed E-state index contributed by atoms with van der Waals surface area (Å²) in [5.74, 6) is 0. The van der Waals surface area contributed by atoms with Crippen LogP contribution in [-0.2, 0) is 0 Å². The first-order valence-corrected chi connectivity index (χ1v) is 4.16. The molecule has 2 aromatic rings. The zero-order valence-corrected chi connectivity index (χ0v) is 7.45. The lowest BCUT2D eigenvalue weighted by Crippen LogP contribution is -1.61. The molecule has 0 amide bonds. The highest BCUT2D eigenvalue weighted by molar-refractivity contribution is 5.71. The molecule has 0 saturated heterocycles. The van der Waals surface area contributed by atoms with Gasteiger partial charge < -0.3 is 4.42 Å². The second kappa shape index (κ2) is 4.54. The van der Waals surface area contributed by atoms with E-state index in [2.05, 4.69) is 18.8 Å². The predicted octanol–water partition coefficient (Wildman–Crippen LogP) is 3.24. The minimum atomic E-state index is 0.845. The molecule has 0 N–H and O–H groups in total. The second-order valence-electron chi connectivity index (χ2n) is 2.53. The maximum atomic E-state index is 5.01. The molecular weight excluding hydrogens is 150 g/mol. The van der Waals surface area contributed by atoms with Crippen molar-refractivity contribution >= 4 is 11.1 Å². The Hall–Kier alpha value is -1.31. The number of hydrogen-bond acceptors (Lipinski definition) is 2. The standard InChI is InChI=1S/C7H5NO.C3H8/c1-2-4-7-6(3-1)8-5-9-7;1-3-2/h1-5H;3H2,1-2H3. The molecule has 0 spiro atoms. The average Bonchev–Trinajstić information content (AvgIpc) is 2.52. The maximum absolute atomic E-state index is 5.01. The highest BCUT2D eigenvalue weighted by atomic mass is 16.3. The summed E-state index contributed by atoms with van der Waals surface area (Å²) >= 11 is 0. The molecule has 0 unspecified atom stereocenters. The molecule has 0 aliphatic heterocycles. The largest absolute Gasteiger partial charge is 0.443 e. The van der Waals surface area contributed by atoms with Gasteiger partial charge in [0.25, 0.3) is 0 Å². The van der Waals surface area contributed by atoms with Gasteiger partial charge in [-0.15, -0.1) is 0 Å². The molecule has 1 aromatic carbocycles. The Morgan fingerprint density at radius 1 is 1.25 bits per heavy atom. The van der Waals surface area contributed by atoms with Crippen LogP contribution in [0.1, 0.15) is 20.3 Å². The van der Waals surface area contributed by atoms with E-state index in [4.69, 9.17) is 4.42 Å². The average molecular weight is 163 g/mol. The van der Waals surface area contributed by atoms with Crippen molar-refractivity contribution in [1.29, 1.82) is 0 Å².